The summed E-state index contributed by atoms with van der Waals surface area (Å²) in [5.41, 5.74) is 4.68. The van der Waals surface area contributed by atoms with Crippen molar-refractivity contribution in [2.45, 2.75) is 31.8 Å². The molecule has 0 unspecified atom stereocenters. The largest absolute Gasteiger partial charge is 0.497 e. The molecule has 1 aliphatic rings. The summed E-state index contributed by atoms with van der Waals surface area (Å²) in [7, 11) is 3.13. The van der Waals surface area contributed by atoms with Gasteiger partial charge in [-0.1, -0.05) is 0 Å². The first-order chi connectivity index (χ1) is 16.1. The molecule has 1 aliphatic carbocycles. The second-order valence-corrected chi connectivity index (χ2v) is 7.66. The summed E-state index contributed by atoms with van der Waals surface area (Å²) in [6.07, 6.45) is 8.04. The highest BCUT2D eigenvalue weighted by Crippen LogP contribution is 2.26. The summed E-state index contributed by atoms with van der Waals surface area (Å²) in [4.78, 5) is 20.9. The maximum atomic E-state index is 12.5. The van der Waals surface area contributed by atoms with Gasteiger partial charge in [-0.3, -0.25) is 4.79 Å². The van der Waals surface area contributed by atoms with E-state index >= 15 is 0 Å². The van der Waals surface area contributed by atoms with Gasteiger partial charge in [-0.15, -0.1) is 0 Å². The fraction of sp³-hybridized carbons (Fsp3) is 0.280. The minimum atomic E-state index is -0.510. The van der Waals surface area contributed by atoms with E-state index in [1.165, 1.54) is 19.1 Å². The molecule has 2 aromatic carbocycles. The summed E-state index contributed by atoms with van der Waals surface area (Å²) >= 11 is 0. The lowest BCUT2D eigenvalue weighted by atomic mass is 10.1. The molecule has 170 valence electrons. The number of methoxy groups -OCH3 is 2. The molecule has 0 saturated heterocycles. The number of ether oxygens (including phenoxy) is 3. The van der Waals surface area contributed by atoms with Crippen LogP contribution in [0.5, 0.6) is 17.2 Å². The molecular weight excluding hydrogens is 420 g/mol. The first-order valence-corrected chi connectivity index (χ1v) is 10.8. The van der Waals surface area contributed by atoms with Gasteiger partial charge >= 0.3 is 5.91 Å². The Hall–Kier alpha value is -3.94. The number of carbonyl (C=O) groups is 1. The van der Waals surface area contributed by atoms with Crippen molar-refractivity contribution >= 4 is 12.1 Å². The minimum Gasteiger partial charge on any atom is -0.497 e. The van der Waals surface area contributed by atoms with Gasteiger partial charge in [-0.05, 0) is 68.1 Å². The predicted molar refractivity (Wildman–Crippen MR) is 125 cm³/mol. The number of rotatable bonds is 8. The third-order valence-electron chi connectivity index (χ3n) is 5.37. The SMILES string of the molecule is COc1cc(/C=N/NC(=O)c2nccc(-c3ccc(OC4CCCC4)cc3)n2)cc(OC)c1. The molecule has 33 heavy (non-hydrogen) atoms. The molecule has 0 atom stereocenters. The van der Waals surface area contributed by atoms with Crippen LogP contribution in [0, 0.1) is 0 Å². The van der Waals surface area contributed by atoms with Crippen LogP contribution in [0.4, 0.5) is 0 Å². The summed E-state index contributed by atoms with van der Waals surface area (Å²) in [5.74, 6) is 1.61. The van der Waals surface area contributed by atoms with E-state index in [4.69, 9.17) is 14.2 Å². The van der Waals surface area contributed by atoms with Crippen molar-refractivity contribution in [2.24, 2.45) is 5.10 Å². The van der Waals surface area contributed by atoms with Crippen LogP contribution in [-0.2, 0) is 0 Å². The zero-order chi connectivity index (χ0) is 23.0. The molecule has 3 aromatic rings. The molecule has 1 saturated carbocycles. The molecule has 1 aromatic heterocycles. The molecule has 1 fully saturated rings. The number of nitrogens with zero attached hydrogens (tertiary/aromatic N) is 3. The van der Waals surface area contributed by atoms with E-state index in [1.54, 1.807) is 44.7 Å². The van der Waals surface area contributed by atoms with Crippen LogP contribution < -0.4 is 19.6 Å². The summed E-state index contributed by atoms with van der Waals surface area (Å²) in [6, 6.07) is 14.8. The van der Waals surface area contributed by atoms with E-state index in [0.29, 0.717) is 28.9 Å². The van der Waals surface area contributed by atoms with Gasteiger partial charge in [0, 0.05) is 23.4 Å². The van der Waals surface area contributed by atoms with E-state index in [2.05, 4.69) is 20.5 Å². The van der Waals surface area contributed by atoms with Crippen molar-refractivity contribution in [3.63, 3.8) is 0 Å². The fourth-order valence-corrected chi connectivity index (χ4v) is 3.65. The molecule has 0 spiro atoms. The summed E-state index contributed by atoms with van der Waals surface area (Å²) in [6.45, 7) is 0. The molecule has 1 heterocycles. The molecule has 1 amide bonds. The monoisotopic (exact) mass is 446 g/mol. The number of amides is 1. The molecular formula is C25H26N4O4. The standard InChI is InChI=1S/C25H26N4O4/c1-31-21-13-17(14-22(15-21)32-2)16-27-29-25(30)24-26-12-11-23(28-24)18-7-9-20(10-8-18)33-19-5-3-4-6-19/h7-16,19H,3-6H2,1-2H3,(H,29,30)/b27-16+. The van der Waals surface area contributed by atoms with Crippen molar-refractivity contribution in [1.82, 2.24) is 15.4 Å². The Labute approximate surface area is 192 Å². The number of aromatic nitrogens is 2. The van der Waals surface area contributed by atoms with Crippen LogP contribution in [0.2, 0.25) is 0 Å². The number of hydrogen-bond acceptors (Lipinski definition) is 7. The van der Waals surface area contributed by atoms with Crippen molar-refractivity contribution < 1.29 is 19.0 Å². The summed E-state index contributed by atoms with van der Waals surface area (Å²) in [5, 5.41) is 4.00. The zero-order valence-electron chi connectivity index (χ0n) is 18.7. The molecule has 0 bridgehead atoms. The van der Waals surface area contributed by atoms with E-state index in [9.17, 15) is 4.79 Å². The number of carbonyl (C=O) groups excluding carboxylic acids is 1. The first-order valence-electron chi connectivity index (χ1n) is 10.8. The van der Waals surface area contributed by atoms with Gasteiger partial charge in [0.1, 0.15) is 17.2 Å². The van der Waals surface area contributed by atoms with E-state index in [1.807, 2.05) is 24.3 Å². The Bertz CT molecular complexity index is 1100. The molecule has 0 radical (unpaired) electrons. The number of nitrogens with one attached hydrogen (secondary N) is 1. The quantitative estimate of drug-likeness (QED) is 0.411. The predicted octanol–water partition coefficient (Wildman–Crippen LogP) is 4.25. The zero-order valence-corrected chi connectivity index (χ0v) is 18.7. The van der Waals surface area contributed by atoms with Crippen LogP contribution in [0.25, 0.3) is 11.3 Å². The maximum absolute atomic E-state index is 12.5. The molecule has 0 aliphatic heterocycles. The van der Waals surface area contributed by atoms with Gasteiger partial charge in [-0.25, -0.2) is 15.4 Å². The van der Waals surface area contributed by atoms with Crippen LogP contribution in [0.15, 0.2) is 59.8 Å². The van der Waals surface area contributed by atoms with Crippen molar-refractivity contribution in [2.75, 3.05) is 14.2 Å². The third kappa shape index (κ3) is 5.85. The Morgan fingerprint density at radius 1 is 1.00 bits per heavy atom. The number of benzene rings is 2. The lowest BCUT2D eigenvalue weighted by Gasteiger charge is -2.13. The fourth-order valence-electron chi connectivity index (χ4n) is 3.65. The summed E-state index contributed by atoms with van der Waals surface area (Å²) < 4.78 is 16.5. The van der Waals surface area contributed by atoms with Gasteiger partial charge in [0.15, 0.2) is 0 Å². The van der Waals surface area contributed by atoms with Gasteiger partial charge in [0.25, 0.3) is 0 Å². The van der Waals surface area contributed by atoms with Crippen LogP contribution >= 0.6 is 0 Å². The molecule has 4 rings (SSSR count). The minimum absolute atomic E-state index is 0.0270. The molecule has 8 heteroatoms. The highest BCUT2D eigenvalue weighted by atomic mass is 16.5. The van der Waals surface area contributed by atoms with Crippen LogP contribution in [-0.4, -0.2) is 42.4 Å². The second-order valence-electron chi connectivity index (χ2n) is 7.66. The lowest BCUT2D eigenvalue weighted by Crippen LogP contribution is -2.20. The smallest absolute Gasteiger partial charge is 0.309 e. The normalized spacial score (nSPS) is 13.8. The van der Waals surface area contributed by atoms with Gasteiger partial charge in [0.2, 0.25) is 5.82 Å². The van der Waals surface area contributed by atoms with E-state index in [-0.39, 0.29) is 5.82 Å². The topological polar surface area (TPSA) is 94.9 Å². The van der Waals surface area contributed by atoms with Crippen molar-refractivity contribution in [3.05, 3.63) is 66.1 Å². The van der Waals surface area contributed by atoms with Gasteiger partial charge < -0.3 is 14.2 Å². The second kappa shape index (κ2) is 10.6. The van der Waals surface area contributed by atoms with Crippen molar-refractivity contribution in [1.29, 1.82) is 0 Å². The molecule has 1 N–H and O–H groups in total. The Kier molecular flexibility index (Phi) is 7.14. The van der Waals surface area contributed by atoms with Gasteiger partial charge in [0.05, 0.1) is 32.2 Å². The van der Waals surface area contributed by atoms with E-state index in [0.717, 1.165) is 24.2 Å². The highest BCUT2D eigenvalue weighted by Gasteiger charge is 2.16. The third-order valence-corrected chi connectivity index (χ3v) is 5.37. The van der Waals surface area contributed by atoms with E-state index < -0.39 is 5.91 Å². The Morgan fingerprint density at radius 3 is 2.36 bits per heavy atom. The van der Waals surface area contributed by atoms with Gasteiger partial charge in [-0.2, -0.15) is 5.10 Å². The number of hydrazone groups is 1. The molecule has 8 nitrogen and oxygen atoms in total. The average molecular weight is 447 g/mol. The van der Waals surface area contributed by atoms with Crippen molar-refractivity contribution in [3.8, 4) is 28.5 Å². The lowest BCUT2D eigenvalue weighted by molar-refractivity contribution is 0.0945. The first kappa shape index (κ1) is 22.3. The Balaban J connectivity index is 1.41. The average Bonchev–Trinajstić information content (AvgIpc) is 3.37. The van der Waals surface area contributed by atoms with Crippen LogP contribution in [0.1, 0.15) is 41.9 Å². The Morgan fingerprint density at radius 2 is 1.70 bits per heavy atom. The number of hydrogen-bond donors (Lipinski definition) is 1. The highest BCUT2D eigenvalue weighted by molar-refractivity contribution is 5.92. The maximum Gasteiger partial charge on any atom is 0.309 e. The van der Waals surface area contributed by atoms with Crippen LogP contribution in [0.3, 0.4) is 0 Å².